The van der Waals surface area contributed by atoms with Gasteiger partial charge in [0.05, 0.1) is 44.2 Å². The lowest BCUT2D eigenvalue weighted by molar-refractivity contribution is -0.147. The minimum Gasteiger partial charge on any atom is -0.481 e. The zero-order valence-electron chi connectivity index (χ0n) is 22.9. The van der Waals surface area contributed by atoms with Crippen LogP contribution < -0.4 is 5.73 Å². The molecule has 4 amide bonds. The second-order valence-corrected chi connectivity index (χ2v) is 9.47. The molecule has 0 radical (unpaired) electrons. The van der Waals surface area contributed by atoms with Crippen molar-refractivity contribution in [2.75, 3.05) is 19.8 Å². The normalized spacial score (nSPS) is 21.2. The van der Waals surface area contributed by atoms with Crippen LogP contribution in [0.5, 0.6) is 0 Å². The molecule has 0 bridgehead atoms. The van der Waals surface area contributed by atoms with E-state index >= 15 is 0 Å². The molecule has 6 atom stereocenters. The fourth-order valence-corrected chi connectivity index (χ4v) is 3.05. The Morgan fingerprint density at radius 1 is 0.795 bits per heavy atom. The Morgan fingerprint density at radius 2 is 1.10 bits per heavy atom. The van der Waals surface area contributed by atoms with Crippen LogP contribution in [-0.2, 0) is 28.8 Å². The molecule has 0 aliphatic carbocycles. The number of aliphatic carboxylic acids is 2. The fraction of sp³-hybridized carbons (Fsp3) is 0.760. The number of imide groups is 2. The van der Waals surface area contributed by atoms with E-state index in [-0.39, 0.29) is 100 Å². The smallest absolute Gasteiger partial charge is 0.306 e. The van der Waals surface area contributed by atoms with Gasteiger partial charge in [0.25, 0.3) is 0 Å². The maximum absolute atomic E-state index is 11.3. The predicted octanol–water partition coefficient (Wildman–Crippen LogP) is -0.332. The number of hydrogen-bond donors (Lipinski definition) is 6. The molecule has 0 aromatic heterocycles. The van der Waals surface area contributed by atoms with Gasteiger partial charge in [0.2, 0.25) is 23.6 Å². The average molecular weight is 566 g/mol. The summed E-state index contributed by atoms with van der Waals surface area (Å²) in [7, 11) is 0. The quantitative estimate of drug-likeness (QED) is 0.207. The van der Waals surface area contributed by atoms with Gasteiger partial charge in [0.15, 0.2) is 0 Å². The van der Waals surface area contributed by atoms with Crippen LogP contribution in [0.4, 0.5) is 0 Å². The molecule has 0 spiro atoms. The Bertz CT molecular complexity index is 773. The van der Waals surface area contributed by atoms with Crippen LogP contribution in [0.3, 0.4) is 0 Å². The monoisotopic (exact) mass is 565 g/mol. The zero-order valence-corrected chi connectivity index (χ0v) is 22.9. The molecule has 14 nitrogen and oxygen atoms in total. The van der Waals surface area contributed by atoms with E-state index in [0.29, 0.717) is 0 Å². The van der Waals surface area contributed by atoms with Gasteiger partial charge in [-0.3, -0.25) is 38.6 Å². The van der Waals surface area contributed by atoms with Crippen molar-refractivity contribution in [3.63, 3.8) is 0 Å². The summed E-state index contributed by atoms with van der Waals surface area (Å²) in [6, 6.07) is -0.820. The largest absolute Gasteiger partial charge is 0.481 e. The first-order chi connectivity index (χ1) is 17.5. The highest BCUT2D eigenvalue weighted by atomic mass is 16.4. The Labute approximate surface area is 229 Å². The van der Waals surface area contributed by atoms with Gasteiger partial charge in [0.1, 0.15) is 0 Å². The Balaban J connectivity index is -0.000000458. The van der Waals surface area contributed by atoms with Crippen molar-refractivity contribution >= 4 is 35.6 Å². The number of carbonyl (C=O) groups is 6. The van der Waals surface area contributed by atoms with Crippen molar-refractivity contribution in [3.05, 3.63) is 0 Å². The molecule has 2 saturated heterocycles. The van der Waals surface area contributed by atoms with Gasteiger partial charge >= 0.3 is 11.9 Å². The number of aliphatic hydroxyl groups is 3. The minimum absolute atomic E-state index is 0. The highest BCUT2D eigenvalue weighted by Gasteiger charge is 2.38. The summed E-state index contributed by atoms with van der Waals surface area (Å²) in [6.07, 6.45) is 0.252. The number of carboxylic acids is 2. The van der Waals surface area contributed by atoms with E-state index in [2.05, 4.69) is 0 Å². The topological polar surface area (TPSA) is 236 Å². The second kappa shape index (κ2) is 20.0. The summed E-state index contributed by atoms with van der Waals surface area (Å²) in [6.45, 7) is 9.64. The number of carbonyl (C=O) groups excluding carboxylic acids is 4. The van der Waals surface area contributed by atoms with Gasteiger partial charge in [-0.1, -0.05) is 28.2 Å². The molecule has 2 fully saturated rings. The van der Waals surface area contributed by atoms with E-state index < -0.39 is 17.9 Å². The van der Waals surface area contributed by atoms with Crippen LogP contribution >= 0.6 is 0 Å². The maximum atomic E-state index is 11.3. The Kier molecular flexibility index (Phi) is 20.8. The molecule has 2 aliphatic rings. The third kappa shape index (κ3) is 14.7. The standard InChI is InChI=1S/2C8H13NO3.C5H8O4.C3H9NO.CH4/c2*1-5-3-7(11)9(8(5)12)6(2)4-10;1-3(5(8)9)2-4(6)7;1-3(4)2-5;/h2*5-6,10H,3-4H2,1-2H3;3H,2H2,1H3,(H,6,7)(H,8,9);3,5H,2,4H2,1H3;1H4/t5-,6+;5-,6-;2*3-;/m1010./s1. The molecule has 2 heterocycles. The molecule has 228 valence electrons. The van der Waals surface area contributed by atoms with E-state index in [1.54, 1.807) is 34.6 Å². The van der Waals surface area contributed by atoms with Gasteiger partial charge in [-0.15, -0.1) is 0 Å². The van der Waals surface area contributed by atoms with Crippen molar-refractivity contribution < 1.29 is 54.3 Å². The number of aliphatic hydroxyl groups excluding tert-OH is 3. The summed E-state index contributed by atoms with van der Waals surface area (Å²) in [4.78, 5) is 67.1. The number of likely N-dealkylation sites (tertiary alicyclic amines) is 2. The highest BCUT2D eigenvalue weighted by molar-refractivity contribution is 6.04. The molecule has 39 heavy (non-hydrogen) atoms. The zero-order chi connectivity index (χ0) is 30.3. The van der Waals surface area contributed by atoms with Crippen LogP contribution in [0.1, 0.15) is 68.2 Å². The summed E-state index contributed by atoms with van der Waals surface area (Å²) in [5, 5.41) is 41.8. The van der Waals surface area contributed by atoms with E-state index in [4.69, 9.17) is 31.3 Å². The van der Waals surface area contributed by atoms with Gasteiger partial charge in [-0.25, -0.2) is 0 Å². The third-order valence-corrected chi connectivity index (χ3v) is 5.42. The molecule has 0 aromatic carbocycles. The van der Waals surface area contributed by atoms with E-state index in [1.807, 2.05) is 0 Å². The Morgan fingerprint density at radius 3 is 1.23 bits per heavy atom. The lowest BCUT2D eigenvalue weighted by Gasteiger charge is -2.20. The van der Waals surface area contributed by atoms with E-state index in [0.717, 1.165) is 9.80 Å². The van der Waals surface area contributed by atoms with Crippen molar-refractivity contribution in [2.45, 2.75) is 86.4 Å². The number of rotatable bonds is 8. The molecule has 2 rings (SSSR count). The van der Waals surface area contributed by atoms with Crippen LogP contribution in [-0.4, -0.2) is 109 Å². The lowest BCUT2D eigenvalue weighted by Crippen LogP contribution is -2.40. The molecular weight excluding hydrogens is 518 g/mol. The van der Waals surface area contributed by atoms with E-state index in [1.165, 1.54) is 6.92 Å². The summed E-state index contributed by atoms with van der Waals surface area (Å²) in [5.74, 6) is -4.05. The van der Waals surface area contributed by atoms with Crippen LogP contribution in [0, 0.1) is 17.8 Å². The number of carboxylic acid groups (broad SMARTS) is 2. The number of hydrogen-bond acceptors (Lipinski definition) is 10. The summed E-state index contributed by atoms with van der Waals surface area (Å²) >= 11 is 0. The molecule has 0 aromatic rings. The van der Waals surface area contributed by atoms with Crippen molar-refractivity contribution in [3.8, 4) is 0 Å². The van der Waals surface area contributed by atoms with Crippen molar-refractivity contribution in [1.29, 1.82) is 0 Å². The average Bonchev–Trinajstić information content (AvgIpc) is 3.24. The Hall–Kier alpha value is -2.94. The van der Waals surface area contributed by atoms with E-state index in [9.17, 15) is 28.8 Å². The van der Waals surface area contributed by atoms with Crippen LogP contribution in [0.25, 0.3) is 0 Å². The van der Waals surface area contributed by atoms with Crippen LogP contribution in [0.15, 0.2) is 0 Å². The molecule has 0 unspecified atom stereocenters. The molecular formula is C25H47N3O11. The molecule has 7 N–H and O–H groups in total. The highest BCUT2D eigenvalue weighted by Crippen LogP contribution is 2.21. The van der Waals surface area contributed by atoms with Crippen molar-refractivity contribution in [1.82, 2.24) is 9.80 Å². The fourth-order valence-electron chi connectivity index (χ4n) is 3.05. The first-order valence-electron chi connectivity index (χ1n) is 12.2. The lowest BCUT2D eigenvalue weighted by atomic mass is 10.1. The molecule has 0 saturated carbocycles. The predicted molar refractivity (Wildman–Crippen MR) is 141 cm³/mol. The van der Waals surface area contributed by atoms with Gasteiger partial charge < -0.3 is 31.3 Å². The van der Waals surface area contributed by atoms with Crippen LogP contribution in [0.2, 0.25) is 0 Å². The number of nitrogens with zero attached hydrogens (tertiary/aromatic N) is 2. The summed E-state index contributed by atoms with van der Waals surface area (Å²) < 4.78 is 0. The minimum atomic E-state index is -1.08. The SMILES string of the molecule is C.C[C@@H]1CC(=O)N([C@@H](C)CO)C1=O.C[C@H](CC(=O)O)C(=O)O.C[C@H](N)CO.C[C@H]1CC(=O)N([C@@H](C)CO)C1=O. The van der Waals surface area contributed by atoms with Gasteiger partial charge in [-0.2, -0.15) is 0 Å². The molecule has 2 aliphatic heterocycles. The van der Waals surface area contributed by atoms with Gasteiger partial charge in [0, 0.05) is 30.7 Å². The van der Waals surface area contributed by atoms with Gasteiger partial charge in [-0.05, 0) is 20.8 Å². The van der Waals surface area contributed by atoms with Crippen molar-refractivity contribution in [2.24, 2.45) is 23.5 Å². The number of amides is 4. The summed E-state index contributed by atoms with van der Waals surface area (Å²) in [5.41, 5.74) is 5.04. The number of nitrogens with two attached hydrogens (primary N) is 1. The maximum Gasteiger partial charge on any atom is 0.306 e. The third-order valence-electron chi connectivity index (χ3n) is 5.42. The second-order valence-electron chi connectivity index (χ2n) is 9.47. The first kappa shape index (κ1) is 40.6. The first-order valence-corrected chi connectivity index (χ1v) is 12.2. The molecule has 14 heteroatoms.